The highest BCUT2D eigenvalue weighted by molar-refractivity contribution is 7.17. The molecule has 0 fully saturated rings. The van der Waals surface area contributed by atoms with Crippen LogP contribution in [-0.2, 0) is 19.4 Å². The van der Waals surface area contributed by atoms with E-state index in [0.717, 1.165) is 52.8 Å². The van der Waals surface area contributed by atoms with Gasteiger partial charge >= 0.3 is 0 Å². The van der Waals surface area contributed by atoms with Crippen LogP contribution in [0.4, 0.5) is 5.00 Å². The summed E-state index contributed by atoms with van der Waals surface area (Å²) in [6.07, 6.45) is 4.27. The van der Waals surface area contributed by atoms with Gasteiger partial charge in [-0.15, -0.1) is 11.3 Å². The van der Waals surface area contributed by atoms with Crippen molar-refractivity contribution in [3.05, 3.63) is 86.8 Å². The second-order valence-electron chi connectivity index (χ2n) is 10.6. The first-order valence-electron chi connectivity index (χ1n) is 13.7. The number of aliphatic hydroxyl groups excluding tert-OH is 2. The highest BCUT2D eigenvalue weighted by Crippen LogP contribution is 2.38. The smallest absolute Gasteiger partial charge is 0.274 e. The molecule has 4 rings (SSSR count). The van der Waals surface area contributed by atoms with Crippen LogP contribution in [0.2, 0.25) is 0 Å². The number of nitrogens with zero attached hydrogens (tertiary/aromatic N) is 2. The average molecular weight is 563 g/mol. The Bertz CT molecular complexity index is 1340. The largest absolute Gasteiger partial charge is 0.392 e. The van der Waals surface area contributed by atoms with Crippen molar-refractivity contribution in [1.29, 1.82) is 0 Å². The maximum Gasteiger partial charge on any atom is 0.274 e. The molecule has 0 aliphatic heterocycles. The Balaban J connectivity index is 1.51. The third-order valence-electron chi connectivity index (χ3n) is 6.72. The van der Waals surface area contributed by atoms with Crippen molar-refractivity contribution in [1.82, 2.24) is 10.3 Å². The molecule has 8 nitrogen and oxygen atoms in total. The van der Waals surface area contributed by atoms with Crippen molar-refractivity contribution < 1.29 is 19.8 Å². The number of amides is 2. The molecule has 2 atom stereocenters. The van der Waals surface area contributed by atoms with E-state index in [1.807, 2.05) is 54.3 Å². The van der Waals surface area contributed by atoms with Gasteiger partial charge in [0.2, 0.25) is 0 Å². The lowest BCUT2D eigenvalue weighted by Gasteiger charge is -2.25. The van der Waals surface area contributed by atoms with Gasteiger partial charge in [-0.2, -0.15) is 5.10 Å². The molecule has 0 bridgehead atoms. The number of fused-ring (bicyclic) bond motifs is 1. The molecule has 0 spiro atoms. The molecule has 0 saturated carbocycles. The summed E-state index contributed by atoms with van der Waals surface area (Å²) in [6, 6.07) is 15.1. The summed E-state index contributed by atoms with van der Waals surface area (Å²) in [4.78, 5) is 29.8. The number of aliphatic hydroxyl groups is 2. The fourth-order valence-corrected chi connectivity index (χ4v) is 6.25. The molecular formula is C31H38N4O4S. The summed E-state index contributed by atoms with van der Waals surface area (Å²) in [5.41, 5.74) is 7.53. The van der Waals surface area contributed by atoms with Gasteiger partial charge in [0.15, 0.2) is 0 Å². The number of thiophene rings is 1. The van der Waals surface area contributed by atoms with Gasteiger partial charge in [0, 0.05) is 30.1 Å². The predicted molar refractivity (Wildman–Crippen MR) is 160 cm³/mol. The summed E-state index contributed by atoms with van der Waals surface area (Å²) >= 11 is 1.46. The van der Waals surface area contributed by atoms with E-state index in [-0.39, 0.29) is 11.8 Å². The third kappa shape index (κ3) is 8.08. The molecule has 40 heavy (non-hydrogen) atoms. The van der Waals surface area contributed by atoms with Crippen LogP contribution in [0.1, 0.15) is 74.5 Å². The van der Waals surface area contributed by atoms with Crippen LogP contribution in [0, 0.1) is 6.92 Å². The van der Waals surface area contributed by atoms with Gasteiger partial charge in [-0.05, 0) is 75.3 Å². The summed E-state index contributed by atoms with van der Waals surface area (Å²) in [5, 5.41) is 27.4. The number of hydrogen-bond donors (Lipinski definition) is 4. The number of nitrogens with one attached hydrogen (secondary N) is 2. The van der Waals surface area contributed by atoms with Crippen LogP contribution >= 0.6 is 11.3 Å². The number of benzene rings is 2. The minimum atomic E-state index is -0.541. The van der Waals surface area contributed by atoms with Crippen molar-refractivity contribution in [2.24, 2.45) is 5.10 Å². The molecule has 9 heteroatoms. The van der Waals surface area contributed by atoms with E-state index < -0.39 is 12.2 Å². The lowest BCUT2D eigenvalue weighted by molar-refractivity contribution is 0.0793. The number of rotatable bonds is 11. The Kier molecular flexibility index (Phi) is 10.2. The first kappa shape index (κ1) is 29.6. The third-order valence-corrected chi connectivity index (χ3v) is 7.93. The predicted octanol–water partition coefficient (Wildman–Crippen LogP) is 4.52. The van der Waals surface area contributed by atoms with Crippen molar-refractivity contribution in [2.75, 3.05) is 18.4 Å². The number of carbonyl (C=O) groups excluding carboxylic acids is 2. The zero-order valence-corrected chi connectivity index (χ0v) is 24.1. The van der Waals surface area contributed by atoms with Gasteiger partial charge in [0.05, 0.1) is 24.0 Å². The number of hydrogen-bond acceptors (Lipinski definition) is 7. The normalized spacial score (nSPS) is 14.7. The van der Waals surface area contributed by atoms with E-state index in [4.69, 9.17) is 0 Å². The highest BCUT2D eigenvalue weighted by atomic mass is 32.1. The lowest BCUT2D eigenvalue weighted by Crippen LogP contribution is -2.35. The summed E-state index contributed by atoms with van der Waals surface area (Å²) < 4.78 is 0. The first-order valence-corrected chi connectivity index (χ1v) is 14.5. The molecule has 3 aromatic rings. The zero-order chi connectivity index (χ0) is 28.6. The number of hydrazone groups is 1. The molecule has 2 aromatic carbocycles. The Morgan fingerprint density at radius 2 is 1.73 bits per heavy atom. The second kappa shape index (κ2) is 13.8. The zero-order valence-electron chi connectivity index (χ0n) is 23.3. The Morgan fingerprint density at radius 1 is 1.02 bits per heavy atom. The van der Waals surface area contributed by atoms with Crippen LogP contribution in [0.3, 0.4) is 0 Å². The van der Waals surface area contributed by atoms with E-state index in [1.165, 1.54) is 11.3 Å². The van der Waals surface area contributed by atoms with Crippen LogP contribution in [0.5, 0.6) is 0 Å². The van der Waals surface area contributed by atoms with Crippen molar-refractivity contribution >= 4 is 34.4 Å². The van der Waals surface area contributed by atoms with Gasteiger partial charge in [0.25, 0.3) is 11.8 Å². The van der Waals surface area contributed by atoms with E-state index in [9.17, 15) is 19.8 Å². The lowest BCUT2D eigenvalue weighted by atomic mass is 9.95. The van der Waals surface area contributed by atoms with Crippen molar-refractivity contribution in [2.45, 2.75) is 65.2 Å². The van der Waals surface area contributed by atoms with Gasteiger partial charge in [-0.25, -0.2) is 5.43 Å². The minimum absolute atomic E-state index is 0.296. The summed E-state index contributed by atoms with van der Waals surface area (Å²) in [7, 11) is 0. The van der Waals surface area contributed by atoms with E-state index in [0.29, 0.717) is 35.8 Å². The van der Waals surface area contributed by atoms with Crippen molar-refractivity contribution in [3.63, 3.8) is 0 Å². The monoisotopic (exact) mass is 562 g/mol. The van der Waals surface area contributed by atoms with Crippen LogP contribution in [-0.4, -0.2) is 58.4 Å². The Morgan fingerprint density at radius 3 is 2.42 bits per heavy atom. The first-order chi connectivity index (χ1) is 19.2. The standard InChI is InChI=1S/C31H38N4O4S/c1-20-11-13-23(14-12-20)16-32-34-30(39)28-26-9-4-5-10-27(26)40-31(28)33-29(38)25-8-6-7-24(15-25)19-35(17-21(2)36)18-22(3)37/h6-8,11-16,21-22,36-37H,4-5,9-10,17-19H2,1-3H3,(H,33,38)(H,34,39). The van der Waals surface area contributed by atoms with Crippen LogP contribution in [0.15, 0.2) is 53.6 Å². The molecule has 4 N–H and O–H groups in total. The molecule has 0 radical (unpaired) electrons. The van der Waals surface area contributed by atoms with E-state index in [1.54, 1.807) is 26.1 Å². The summed E-state index contributed by atoms with van der Waals surface area (Å²) in [5.74, 6) is -0.631. The fourth-order valence-electron chi connectivity index (χ4n) is 4.96. The highest BCUT2D eigenvalue weighted by Gasteiger charge is 2.26. The maximum absolute atomic E-state index is 13.4. The minimum Gasteiger partial charge on any atom is -0.392 e. The van der Waals surface area contributed by atoms with Crippen LogP contribution < -0.4 is 10.7 Å². The molecule has 212 valence electrons. The average Bonchev–Trinajstić information content (AvgIpc) is 3.27. The SMILES string of the molecule is Cc1ccc(C=NNC(=O)c2c(NC(=O)c3cccc(CN(CC(C)O)CC(C)O)c3)sc3c2CCCC3)cc1. The number of aryl methyl sites for hydroxylation is 2. The van der Waals surface area contributed by atoms with Gasteiger partial charge in [-0.1, -0.05) is 42.0 Å². The van der Waals surface area contributed by atoms with Gasteiger partial charge < -0.3 is 15.5 Å². The molecule has 1 aliphatic rings. The summed E-state index contributed by atoms with van der Waals surface area (Å²) in [6.45, 7) is 6.73. The second-order valence-corrected chi connectivity index (χ2v) is 11.7. The molecule has 1 heterocycles. The fraction of sp³-hybridized carbons (Fsp3) is 0.387. The Hall–Kier alpha value is -3.37. The van der Waals surface area contributed by atoms with Crippen molar-refractivity contribution in [3.8, 4) is 0 Å². The van der Waals surface area contributed by atoms with E-state index in [2.05, 4.69) is 15.8 Å². The van der Waals surface area contributed by atoms with Gasteiger partial charge in [0.1, 0.15) is 5.00 Å². The van der Waals surface area contributed by atoms with E-state index >= 15 is 0 Å². The quantitative estimate of drug-likeness (QED) is 0.203. The topological polar surface area (TPSA) is 114 Å². The van der Waals surface area contributed by atoms with Crippen LogP contribution in [0.25, 0.3) is 0 Å². The molecular weight excluding hydrogens is 524 g/mol. The Labute approximate surface area is 239 Å². The van der Waals surface area contributed by atoms with Gasteiger partial charge in [-0.3, -0.25) is 14.5 Å². The molecule has 2 amide bonds. The molecule has 0 saturated heterocycles. The molecule has 1 aromatic heterocycles. The number of anilines is 1. The molecule has 2 unspecified atom stereocenters. The number of carbonyl (C=O) groups is 2. The molecule has 1 aliphatic carbocycles. The maximum atomic E-state index is 13.4.